The fourth-order valence-corrected chi connectivity index (χ4v) is 1.91. The van der Waals surface area contributed by atoms with E-state index in [1.165, 1.54) is 4.90 Å². The van der Waals surface area contributed by atoms with E-state index in [1.54, 1.807) is 20.8 Å². The molecule has 0 bridgehead atoms. The number of nitrogens with zero attached hydrogens (tertiary/aromatic N) is 1. The lowest BCUT2D eigenvalue weighted by Gasteiger charge is -2.32. The molecule has 7 nitrogen and oxygen atoms in total. The van der Waals surface area contributed by atoms with Crippen LogP contribution in [0.3, 0.4) is 0 Å². The van der Waals surface area contributed by atoms with Crippen LogP contribution < -0.4 is 10.6 Å². The summed E-state index contributed by atoms with van der Waals surface area (Å²) >= 11 is 0. The summed E-state index contributed by atoms with van der Waals surface area (Å²) in [6.45, 7) is 6.63. The second-order valence-corrected chi connectivity index (χ2v) is 5.03. The molecule has 1 fully saturated rings. The Morgan fingerprint density at radius 3 is 2.85 bits per heavy atom. The first-order valence-electron chi connectivity index (χ1n) is 6.93. The van der Waals surface area contributed by atoms with E-state index in [9.17, 15) is 14.4 Å². The highest BCUT2D eigenvalue weighted by Gasteiger charge is 2.28. The molecule has 1 aliphatic rings. The average Bonchev–Trinajstić information content (AvgIpc) is 2.37. The SMILES string of the molecule is CC(C)OC(=O)CCCNC(=O)N1CCNC(=O)[C@@H]1C. The maximum atomic E-state index is 11.9. The molecule has 0 aliphatic carbocycles. The van der Waals surface area contributed by atoms with E-state index < -0.39 is 6.04 Å². The molecule has 0 radical (unpaired) electrons. The van der Waals surface area contributed by atoms with Gasteiger partial charge < -0.3 is 20.3 Å². The molecule has 7 heteroatoms. The number of ether oxygens (including phenoxy) is 1. The Kier molecular flexibility index (Phi) is 6.27. The monoisotopic (exact) mass is 285 g/mol. The van der Waals surface area contributed by atoms with Crippen molar-refractivity contribution in [1.29, 1.82) is 0 Å². The first-order valence-corrected chi connectivity index (χ1v) is 6.93. The van der Waals surface area contributed by atoms with Gasteiger partial charge >= 0.3 is 12.0 Å². The van der Waals surface area contributed by atoms with Crippen LogP contribution in [0.15, 0.2) is 0 Å². The summed E-state index contributed by atoms with van der Waals surface area (Å²) in [5.74, 6) is -0.410. The Morgan fingerprint density at radius 1 is 1.50 bits per heavy atom. The maximum absolute atomic E-state index is 11.9. The maximum Gasteiger partial charge on any atom is 0.318 e. The minimum Gasteiger partial charge on any atom is -0.463 e. The van der Waals surface area contributed by atoms with E-state index in [4.69, 9.17) is 4.74 Å². The van der Waals surface area contributed by atoms with Crippen LogP contribution >= 0.6 is 0 Å². The number of esters is 1. The molecule has 20 heavy (non-hydrogen) atoms. The third kappa shape index (κ3) is 5.07. The van der Waals surface area contributed by atoms with Crippen molar-refractivity contribution in [3.63, 3.8) is 0 Å². The topological polar surface area (TPSA) is 87.7 Å². The summed E-state index contributed by atoms with van der Waals surface area (Å²) in [5, 5.41) is 5.41. The van der Waals surface area contributed by atoms with Crippen molar-refractivity contribution in [2.45, 2.75) is 45.8 Å². The first-order chi connectivity index (χ1) is 9.41. The summed E-state index contributed by atoms with van der Waals surface area (Å²) < 4.78 is 4.99. The Bertz CT molecular complexity index is 371. The Hall–Kier alpha value is -1.79. The molecule has 1 aliphatic heterocycles. The summed E-state index contributed by atoms with van der Waals surface area (Å²) in [6, 6.07) is -0.737. The van der Waals surface area contributed by atoms with Crippen LogP contribution in [0.5, 0.6) is 0 Å². The van der Waals surface area contributed by atoms with Crippen LogP contribution in [0.1, 0.15) is 33.6 Å². The van der Waals surface area contributed by atoms with Gasteiger partial charge in [0, 0.05) is 26.1 Å². The van der Waals surface area contributed by atoms with Crippen molar-refractivity contribution in [3.05, 3.63) is 0 Å². The zero-order chi connectivity index (χ0) is 15.1. The largest absolute Gasteiger partial charge is 0.463 e. The van der Waals surface area contributed by atoms with Gasteiger partial charge in [-0.05, 0) is 27.2 Å². The summed E-state index contributed by atoms with van der Waals surface area (Å²) in [7, 11) is 0. The molecule has 3 amide bonds. The number of piperazine rings is 1. The van der Waals surface area contributed by atoms with E-state index >= 15 is 0 Å². The lowest BCUT2D eigenvalue weighted by atomic mass is 10.2. The highest BCUT2D eigenvalue weighted by molar-refractivity contribution is 5.87. The van der Waals surface area contributed by atoms with Gasteiger partial charge in [-0.2, -0.15) is 0 Å². The van der Waals surface area contributed by atoms with E-state index in [2.05, 4.69) is 10.6 Å². The number of rotatable bonds is 5. The molecule has 0 spiro atoms. The highest BCUT2D eigenvalue weighted by Crippen LogP contribution is 2.04. The molecule has 2 N–H and O–H groups in total. The van der Waals surface area contributed by atoms with Gasteiger partial charge in [0.15, 0.2) is 0 Å². The average molecular weight is 285 g/mol. The Morgan fingerprint density at radius 2 is 2.20 bits per heavy atom. The smallest absolute Gasteiger partial charge is 0.318 e. The van der Waals surface area contributed by atoms with Crippen molar-refractivity contribution in [1.82, 2.24) is 15.5 Å². The Labute approximate surface area is 119 Å². The van der Waals surface area contributed by atoms with Crippen LogP contribution in [-0.4, -0.2) is 54.6 Å². The van der Waals surface area contributed by atoms with E-state index in [1.807, 2.05) is 0 Å². The first kappa shape index (κ1) is 16.3. The van der Waals surface area contributed by atoms with Crippen LogP contribution in [0.2, 0.25) is 0 Å². The number of hydrogen-bond acceptors (Lipinski definition) is 4. The molecule has 0 aromatic carbocycles. The zero-order valence-electron chi connectivity index (χ0n) is 12.3. The van der Waals surface area contributed by atoms with E-state index in [0.29, 0.717) is 26.1 Å². The van der Waals surface area contributed by atoms with Gasteiger partial charge in [-0.25, -0.2) is 4.79 Å². The molecule has 114 valence electrons. The second-order valence-electron chi connectivity index (χ2n) is 5.03. The van der Waals surface area contributed by atoms with Crippen molar-refractivity contribution >= 4 is 17.9 Å². The lowest BCUT2D eigenvalue weighted by Crippen LogP contribution is -2.58. The number of hydrogen-bond donors (Lipinski definition) is 2. The Balaban J connectivity index is 2.23. The predicted molar refractivity (Wildman–Crippen MR) is 73.0 cm³/mol. The molecular weight excluding hydrogens is 262 g/mol. The van der Waals surface area contributed by atoms with E-state index in [-0.39, 0.29) is 30.4 Å². The van der Waals surface area contributed by atoms with Gasteiger partial charge in [0.05, 0.1) is 6.10 Å². The number of carbonyl (C=O) groups is 3. The summed E-state index contributed by atoms with van der Waals surface area (Å²) in [4.78, 5) is 36.1. The quantitative estimate of drug-likeness (QED) is 0.560. The van der Waals surface area contributed by atoms with Gasteiger partial charge in [0.25, 0.3) is 0 Å². The lowest BCUT2D eigenvalue weighted by molar-refractivity contribution is -0.147. The van der Waals surface area contributed by atoms with Crippen molar-refractivity contribution in [3.8, 4) is 0 Å². The number of nitrogens with one attached hydrogen (secondary N) is 2. The molecule has 0 aromatic heterocycles. The third-order valence-electron chi connectivity index (χ3n) is 2.96. The van der Waals surface area contributed by atoms with Gasteiger partial charge in [0.1, 0.15) is 6.04 Å². The standard InChI is InChI=1S/C13H23N3O4/c1-9(2)20-11(17)5-4-6-15-13(19)16-8-7-14-12(18)10(16)3/h9-10H,4-8H2,1-3H3,(H,14,18)(H,15,19)/t10-/m0/s1. The number of urea groups is 1. The third-order valence-corrected chi connectivity index (χ3v) is 2.96. The van der Waals surface area contributed by atoms with Crippen LogP contribution in [0.4, 0.5) is 4.79 Å². The summed E-state index contributed by atoms with van der Waals surface area (Å²) in [6.07, 6.45) is 0.671. The van der Waals surface area contributed by atoms with Crippen LogP contribution in [0, 0.1) is 0 Å². The molecule has 1 saturated heterocycles. The van der Waals surface area contributed by atoms with Gasteiger partial charge in [-0.15, -0.1) is 0 Å². The second kappa shape index (κ2) is 7.72. The molecular formula is C13H23N3O4. The fraction of sp³-hybridized carbons (Fsp3) is 0.769. The van der Waals surface area contributed by atoms with E-state index in [0.717, 1.165) is 0 Å². The summed E-state index contributed by atoms with van der Waals surface area (Å²) in [5.41, 5.74) is 0. The number of carbonyl (C=O) groups excluding carboxylic acids is 3. The molecule has 0 unspecified atom stereocenters. The zero-order valence-corrected chi connectivity index (χ0v) is 12.3. The fourth-order valence-electron chi connectivity index (χ4n) is 1.91. The molecule has 1 heterocycles. The van der Waals surface area contributed by atoms with Crippen molar-refractivity contribution in [2.75, 3.05) is 19.6 Å². The molecule has 0 aromatic rings. The highest BCUT2D eigenvalue weighted by atomic mass is 16.5. The van der Waals surface area contributed by atoms with Gasteiger partial charge in [0.2, 0.25) is 5.91 Å². The number of amides is 3. The minimum absolute atomic E-state index is 0.121. The van der Waals surface area contributed by atoms with Gasteiger partial charge in [-0.1, -0.05) is 0 Å². The normalized spacial score (nSPS) is 18.7. The molecule has 1 atom stereocenters. The molecule has 0 saturated carbocycles. The van der Waals surface area contributed by atoms with Crippen LogP contribution in [-0.2, 0) is 14.3 Å². The predicted octanol–water partition coefficient (Wildman–Crippen LogP) is 0.248. The molecule has 1 rings (SSSR count). The van der Waals surface area contributed by atoms with Crippen LogP contribution in [0.25, 0.3) is 0 Å². The van der Waals surface area contributed by atoms with Crippen molar-refractivity contribution in [2.24, 2.45) is 0 Å². The van der Waals surface area contributed by atoms with Crippen molar-refractivity contribution < 1.29 is 19.1 Å². The van der Waals surface area contributed by atoms with Gasteiger partial charge in [-0.3, -0.25) is 9.59 Å². The minimum atomic E-state index is -0.463.